The molecule has 0 aliphatic heterocycles. The van der Waals surface area contributed by atoms with Crippen LogP contribution in [-0.4, -0.2) is 43.5 Å². The standard InChI is InChI=1S/C14H21N3O3/c1-4-17(3)12(18)9-16-14(19)13-10(15)7-6-8-11(13)20-5-2/h6-8H,4-5,9,15H2,1-3H3,(H,16,19). The molecule has 6 nitrogen and oxygen atoms in total. The van der Waals surface area contributed by atoms with Crippen LogP contribution in [0.5, 0.6) is 5.75 Å². The van der Waals surface area contributed by atoms with Gasteiger partial charge in [0.1, 0.15) is 11.3 Å². The van der Waals surface area contributed by atoms with Crippen LogP contribution in [0, 0.1) is 0 Å². The largest absolute Gasteiger partial charge is 0.493 e. The quantitative estimate of drug-likeness (QED) is 0.757. The van der Waals surface area contributed by atoms with Crippen LogP contribution in [-0.2, 0) is 4.79 Å². The monoisotopic (exact) mass is 279 g/mol. The third kappa shape index (κ3) is 3.88. The topological polar surface area (TPSA) is 84.7 Å². The Hall–Kier alpha value is -2.24. The molecule has 110 valence electrons. The number of hydrogen-bond donors (Lipinski definition) is 2. The lowest BCUT2D eigenvalue weighted by Crippen LogP contribution is -2.38. The summed E-state index contributed by atoms with van der Waals surface area (Å²) in [5.74, 6) is -0.154. The van der Waals surface area contributed by atoms with Crippen LogP contribution in [0.3, 0.4) is 0 Å². The zero-order valence-electron chi connectivity index (χ0n) is 12.1. The maximum atomic E-state index is 12.1. The fourth-order valence-corrected chi connectivity index (χ4v) is 1.62. The highest BCUT2D eigenvalue weighted by Gasteiger charge is 2.17. The Morgan fingerprint density at radius 2 is 2.05 bits per heavy atom. The van der Waals surface area contributed by atoms with E-state index in [2.05, 4.69) is 5.32 Å². The minimum Gasteiger partial charge on any atom is -0.493 e. The van der Waals surface area contributed by atoms with Gasteiger partial charge in [0.25, 0.3) is 5.91 Å². The first-order chi connectivity index (χ1) is 9.51. The fourth-order valence-electron chi connectivity index (χ4n) is 1.62. The second kappa shape index (κ2) is 7.37. The number of carbonyl (C=O) groups is 2. The summed E-state index contributed by atoms with van der Waals surface area (Å²) >= 11 is 0. The molecule has 1 rings (SSSR count). The number of benzene rings is 1. The Kier molecular flexibility index (Phi) is 5.83. The second-order valence-corrected chi connectivity index (χ2v) is 4.24. The lowest BCUT2D eigenvalue weighted by molar-refractivity contribution is -0.128. The summed E-state index contributed by atoms with van der Waals surface area (Å²) in [7, 11) is 1.68. The molecule has 20 heavy (non-hydrogen) atoms. The molecule has 0 saturated heterocycles. The van der Waals surface area contributed by atoms with E-state index in [1.54, 1.807) is 25.2 Å². The van der Waals surface area contributed by atoms with Crippen molar-refractivity contribution in [3.05, 3.63) is 23.8 Å². The van der Waals surface area contributed by atoms with Gasteiger partial charge in [-0.15, -0.1) is 0 Å². The molecule has 0 bridgehead atoms. The predicted molar refractivity (Wildman–Crippen MR) is 77.7 cm³/mol. The molecule has 0 aliphatic rings. The maximum Gasteiger partial charge on any atom is 0.257 e. The van der Waals surface area contributed by atoms with E-state index in [4.69, 9.17) is 10.5 Å². The van der Waals surface area contributed by atoms with E-state index in [9.17, 15) is 9.59 Å². The summed E-state index contributed by atoms with van der Waals surface area (Å²) in [4.78, 5) is 25.3. The van der Waals surface area contributed by atoms with Gasteiger partial charge in [-0.05, 0) is 26.0 Å². The van der Waals surface area contributed by atoms with Crippen molar-refractivity contribution >= 4 is 17.5 Å². The van der Waals surface area contributed by atoms with Crippen LogP contribution in [0.25, 0.3) is 0 Å². The van der Waals surface area contributed by atoms with E-state index < -0.39 is 5.91 Å². The van der Waals surface area contributed by atoms with Gasteiger partial charge in [-0.25, -0.2) is 0 Å². The van der Waals surface area contributed by atoms with Crippen LogP contribution < -0.4 is 15.8 Å². The van der Waals surface area contributed by atoms with Crippen molar-refractivity contribution in [3.63, 3.8) is 0 Å². The number of amides is 2. The van der Waals surface area contributed by atoms with Crippen LogP contribution in [0.15, 0.2) is 18.2 Å². The molecular formula is C14H21N3O3. The van der Waals surface area contributed by atoms with E-state index in [-0.39, 0.29) is 18.0 Å². The molecule has 1 aromatic rings. The molecule has 0 aromatic heterocycles. The number of anilines is 1. The number of carbonyl (C=O) groups excluding carboxylic acids is 2. The molecule has 0 radical (unpaired) electrons. The molecule has 0 spiro atoms. The van der Waals surface area contributed by atoms with Gasteiger partial charge in [0.2, 0.25) is 5.91 Å². The molecule has 0 aliphatic carbocycles. The Morgan fingerprint density at radius 3 is 2.65 bits per heavy atom. The molecule has 2 amide bonds. The average Bonchev–Trinajstić information content (AvgIpc) is 2.44. The summed E-state index contributed by atoms with van der Waals surface area (Å²) in [6.07, 6.45) is 0. The van der Waals surface area contributed by atoms with Crippen molar-refractivity contribution in [2.45, 2.75) is 13.8 Å². The normalized spacial score (nSPS) is 9.95. The fraction of sp³-hybridized carbons (Fsp3) is 0.429. The Bertz CT molecular complexity index is 489. The number of rotatable bonds is 6. The summed E-state index contributed by atoms with van der Waals surface area (Å²) in [6.45, 7) is 4.64. The molecule has 3 N–H and O–H groups in total. The minimum atomic E-state index is -0.413. The highest BCUT2D eigenvalue weighted by Crippen LogP contribution is 2.24. The van der Waals surface area contributed by atoms with Crippen LogP contribution in [0.4, 0.5) is 5.69 Å². The lowest BCUT2D eigenvalue weighted by atomic mass is 10.1. The number of nitrogen functional groups attached to an aromatic ring is 1. The van der Waals surface area contributed by atoms with Crippen molar-refractivity contribution in [1.29, 1.82) is 0 Å². The van der Waals surface area contributed by atoms with Gasteiger partial charge in [-0.2, -0.15) is 0 Å². The van der Waals surface area contributed by atoms with E-state index in [1.165, 1.54) is 4.90 Å². The zero-order chi connectivity index (χ0) is 15.1. The Morgan fingerprint density at radius 1 is 1.35 bits per heavy atom. The van der Waals surface area contributed by atoms with Gasteiger partial charge < -0.3 is 20.7 Å². The van der Waals surface area contributed by atoms with Crippen LogP contribution >= 0.6 is 0 Å². The molecule has 0 saturated carbocycles. The molecule has 0 fully saturated rings. The molecular weight excluding hydrogens is 258 g/mol. The van der Waals surface area contributed by atoms with E-state index in [1.807, 2.05) is 13.8 Å². The smallest absolute Gasteiger partial charge is 0.257 e. The third-order valence-corrected chi connectivity index (χ3v) is 2.89. The molecule has 0 atom stereocenters. The summed E-state index contributed by atoms with van der Waals surface area (Å²) in [6, 6.07) is 5.01. The molecule has 0 heterocycles. The molecule has 6 heteroatoms. The van der Waals surface area contributed by atoms with Crippen LogP contribution in [0.1, 0.15) is 24.2 Å². The van der Waals surface area contributed by atoms with E-state index in [0.29, 0.717) is 24.6 Å². The maximum absolute atomic E-state index is 12.1. The number of likely N-dealkylation sites (N-methyl/N-ethyl adjacent to an activating group) is 1. The van der Waals surface area contributed by atoms with Crippen molar-refractivity contribution < 1.29 is 14.3 Å². The van der Waals surface area contributed by atoms with Crippen molar-refractivity contribution in [3.8, 4) is 5.75 Å². The predicted octanol–water partition coefficient (Wildman–Crippen LogP) is 0.876. The second-order valence-electron chi connectivity index (χ2n) is 4.24. The van der Waals surface area contributed by atoms with Gasteiger partial charge in [0.15, 0.2) is 0 Å². The molecule has 0 unspecified atom stereocenters. The van der Waals surface area contributed by atoms with E-state index in [0.717, 1.165) is 0 Å². The number of nitrogens with zero attached hydrogens (tertiary/aromatic N) is 1. The summed E-state index contributed by atoms with van der Waals surface area (Å²) < 4.78 is 5.38. The number of ether oxygens (including phenoxy) is 1. The van der Waals surface area contributed by atoms with Crippen molar-refractivity contribution in [1.82, 2.24) is 10.2 Å². The van der Waals surface area contributed by atoms with Gasteiger partial charge in [0.05, 0.1) is 13.2 Å². The van der Waals surface area contributed by atoms with Gasteiger partial charge in [-0.1, -0.05) is 6.07 Å². The van der Waals surface area contributed by atoms with Gasteiger partial charge >= 0.3 is 0 Å². The first-order valence-electron chi connectivity index (χ1n) is 6.54. The summed E-state index contributed by atoms with van der Waals surface area (Å²) in [5, 5.41) is 2.56. The Balaban J connectivity index is 2.80. The van der Waals surface area contributed by atoms with Gasteiger partial charge in [-0.3, -0.25) is 9.59 Å². The number of hydrogen-bond acceptors (Lipinski definition) is 4. The highest BCUT2D eigenvalue weighted by molar-refractivity contribution is 6.03. The first kappa shape index (κ1) is 15.8. The number of nitrogens with two attached hydrogens (primary N) is 1. The van der Waals surface area contributed by atoms with Crippen molar-refractivity contribution in [2.75, 3.05) is 32.5 Å². The zero-order valence-corrected chi connectivity index (χ0v) is 12.1. The first-order valence-corrected chi connectivity index (χ1v) is 6.54. The van der Waals surface area contributed by atoms with Crippen LogP contribution in [0.2, 0.25) is 0 Å². The van der Waals surface area contributed by atoms with E-state index >= 15 is 0 Å². The van der Waals surface area contributed by atoms with Gasteiger partial charge in [0, 0.05) is 19.3 Å². The van der Waals surface area contributed by atoms with Crippen molar-refractivity contribution in [2.24, 2.45) is 0 Å². The number of nitrogens with one attached hydrogen (secondary N) is 1. The highest BCUT2D eigenvalue weighted by atomic mass is 16.5. The summed E-state index contributed by atoms with van der Waals surface area (Å²) in [5.41, 5.74) is 6.40. The Labute approximate surface area is 118 Å². The lowest BCUT2D eigenvalue weighted by Gasteiger charge is -2.16. The minimum absolute atomic E-state index is 0.0664. The SMILES string of the molecule is CCOc1cccc(N)c1C(=O)NCC(=O)N(C)CC. The average molecular weight is 279 g/mol. The third-order valence-electron chi connectivity index (χ3n) is 2.89. The molecule has 1 aromatic carbocycles.